The highest BCUT2D eigenvalue weighted by Gasteiger charge is 2.61. The van der Waals surface area contributed by atoms with Crippen LogP contribution in [0.4, 0.5) is 10.6 Å². The molecule has 10 heteroatoms. The molecule has 4 amide bonds. The minimum atomic E-state index is -1.68. The van der Waals surface area contributed by atoms with Gasteiger partial charge >= 0.3 is 6.03 Å². The van der Waals surface area contributed by atoms with Crippen LogP contribution < -0.4 is 15.8 Å². The fourth-order valence-electron chi connectivity index (χ4n) is 5.19. The molecule has 1 fully saturated rings. The number of carbonyl (C=O) groups excluding carboxylic acids is 3. The van der Waals surface area contributed by atoms with Crippen molar-refractivity contribution in [2.24, 2.45) is 5.41 Å². The van der Waals surface area contributed by atoms with Gasteiger partial charge in [0.15, 0.2) is 5.41 Å². The molecule has 180 valence electrons. The van der Waals surface area contributed by atoms with E-state index in [-0.39, 0.29) is 24.1 Å². The fraction of sp³-hybridized carbons (Fsp3) is 0.320. The first-order chi connectivity index (χ1) is 16.7. The van der Waals surface area contributed by atoms with Gasteiger partial charge in [0.2, 0.25) is 11.8 Å². The van der Waals surface area contributed by atoms with Gasteiger partial charge < -0.3 is 4.90 Å². The highest BCUT2D eigenvalue weighted by atomic mass is 35.5. The number of hydrogen-bond donors (Lipinski definition) is 1. The number of pyridine rings is 1. The Labute approximate surface area is 206 Å². The SMILES string of the molecule is CCN1c2nc3c(C)cccn3c(=O)c2C[C@@]2(C(=O)NC(=O)N(Cc3ccccc3Cl)C2=O)[C@H]1C. The monoisotopic (exact) mass is 493 g/mol. The average molecular weight is 494 g/mol. The van der Waals surface area contributed by atoms with Gasteiger partial charge in [0, 0.05) is 24.2 Å². The van der Waals surface area contributed by atoms with Gasteiger partial charge in [-0.1, -0.05) is 35.9 Å². The zero-order valence-corrected chi connectivity index (χ0v) is 20.3. The molecular formula is C25H24ClN5O4. The summed E-state index contributed by atoms with van der Waals surface area (Å²) >= 11 is 6.28. The Morgan fingerprint density at radius 1 is 1.14 bits per heavy atom. The Hall–Kier alpha value is -3.72. The number of aromatic nitrogens is 2. The summed E-state index contributed by atoms with van der Waals surface area (Å²) in [7, 11) is 0. The maximum Gasteiger partial charge on any atom is 0.331 e. The lowest BCUT2D eigenvalue weighted by Crippen LogP contribution is -2.71. The Morgan fingerprint density at radius 2 is 1.89 bits per heavy atom. The molecule has 0 radical (unpaired) electrons. The van der Waals surface area contributed by atoms with E-state index >= 15 is 0 Å². The van der Waals surface area contributed by atoms with E-state index in [1.807, 2.05) is 19.9 Å². The summed E-state index contributed by atoms with van der Waals surface area (Å²) in [5.41, 5.74) is 0.169. The van der Waals surface area contributed by atoms with Gasteiger partial charge in [0.25, 0.3) is 5.56 Å². The molecule has 0 bridgehead atoms. The molecule has 35 heavy (non-hydrogen) atoms. The number of amides is 4. The van der Waals surface area contributed by atoms with E-state index in [0.29, 0.717) is 28.6 Å². The number of nitrogens with zero attached hydrogens (tertiary/aromatic N) is 4. The highest BCUT2D eigenvalue weighted by molar-refractivity contribution is 6.31. The summed E-state index contributed by atoms with van der Waals surface area (Å²) in [6.07, 6.45) is 1.45. The number of carbonyl (C=O) groups is 3. The molecule has 2 aromatic heterocycles. The van der Waals surface area contributed by atoms with Crippen molar-refractivity contribution < 1.29 is 14.4 Å². The van der Waals surface area contributed by atoms with E-state index < -0.39 is 29.3 Å². The molecule has 2 aliphatic heterocycles. The largest absolute Gasteiger partial charge is 0.352 e. The second-order valence-electron chi connectivity index (χ2n) is 8.96. The third kappa shape index (κ3) is 3.25. The lowest BCUT2D eigenvalue weighted by Gasteiger charge is -2.49. The van der Waals surface area contributed by atoms with Crippen molar-refractivity contribution in [3.8, 4) is 0 Å². The van der Waals surface area contributed by atoms with Crippen LogP contribution in [0.25, 0.3) is 5.65 Å². The van der Waals surface area contributed by atoms with E-state index in [2.05, 4.69) is 5.32 Å². The Kier molecular flexibility index (Phi) is 5.40. The number of nitrogens with one attached hydrogen (secondary N) is 1. The van der Waals surface area contributed by atoms with Crippen LogP contribution in [0.3, 0.4) is 0 Å². The number of benzene rings is 1. The van der Waals surface area contributed by atoms with Gasteiger partial charge in [0.1, 0.15) is 11.5 Å². The van der Waals surface area contributed by atoms with E-state index in [1.54, 1.807) is 48.4 Å². The minimum absolute atomic E-state index is 0.0980. The number of hydrogen-bond acceptors (Lipinski definition) is 6. The van der Waals surface area contributed by atoms with Crippen LogP contribution in [0.5, 0.6) is 0 Å². The first-order valence-electron chi connectivity index (χ1n) is 11.4. The van der Waals surface area contributed by atoms with Crippen LogP contribution in [0.15, 0.2) is 47.4 Å². The average Bonchev–Trinajstić information content (AvgIpc) is 2.83. The van der Waals surface area contributed by atoms with Crippen LogP contribution in [0.2, 0.25) is 5.02 Å². The van der Waals surface area contributed by atoms with Crippen molar-refractivity contribution in [1.29, 1.82) is 0 Å². The van der Waals surface area contributed by atoms with Gasteiger partial charge in [0.05, 0.1) is 18.2 Å². The van der Waals surface area contributed by atoms with E-state index in [0.717, 1.165) is 10.5 Å². The first kappa shape index (κ1) is 23.0. The normalized spacial score (nSPS) is 22.1. The first-order valence-corrected chi connectivity index (χ1v) is 11.8. The number of halogens is 1. The van der Waals surface area contributed by atoms with Crippen molar-refractivity contribution in [2.75, 3.05) is 11.4 Å². The number of aryl methyl sites for hydroxylation is 1. The highest BCUT2D eigenvalue weighted by Crippen LogP contribution is 2.43. The number of rotatable bonds is 3. The molecule has 0 saturated carbocycles. The summed E-state index contributed by atoms with van der Waals surface area (Å²) in [6, 6.07) is 9.04. The lowest BCUT2D eigenvalue weighted by atomic mass is 9.69. The number of imide groups is 2. The van der Waals surface area contributed by atoms with Gasteiger partial charge in [-0.15, -0.1) is 0 Å². The maximum absolute atomic E-state index is 14.0. The van der Waals surface area contributed by atoms with Gasteiger partial charge in [-0.05, 0) is 44.0 Å². The summed E-state index contributed by atoms with van der Waals surface area (Å²) in [4.78, 5) is 61.3. The number of barbiturate groups is 1. The summed E-state index contributed by atoms with van der Waals surface area (Å²) < 4.78 is 1.43. The molecule has 1 aromatic carbocycles. The molecule has 0 unspecified atom stereocenters. The zero-order chi connectivity index (χ0) is 25.1. The Bertz CT molecular complexity index is 1470. The third-order valence-corrected chi connectivity index (χ3v) is 7.52. The maximum atomic E-state index is 14.0. The van der Waals surface area contributed by atoms with Crippen molar-refractivity contribution in [2.45, 2.75) is 39.8 Å². The summed E-state index contributed by atoms with van der Waals surface area (Å²) in [6.45, 7) is 5.81. The molecule has 2 aliphatic rings. The molecule has 9 nitrogen and oxygen atoms in total. The van der Waals surface area contributed by atoms with Crippen LogP contribution >= 0.6 is 11.6 Å². The Balaban J connectivity index is 1.67. The molecule has 1 saturated heterocycles. The van der Waals surface area contributed by atoms with Crippen molar-refractivity contribution >= 4 is 40.9 Å². The predicted octanol–water partition coefficient (Wildman–Crippen LogP) is 2.69. The number of anilines is 1. The van der Waals surface area contributed by atoms with E-state index in [1.165, 1.54) is 4.40 Å². The van der Waals surface area contributed by atoms with Gasteiger partial charge in [-0.2, -0.15) is 0 Å². The smallest absolute Gasteiger partial charge is 0.331 e. The van der Waals surface area contributed by atoms with Crippen LogP contribution in [0, 0.1) is 12.3 Å². The molecule has 1 N–H and O–H groups in total. The van der Waals surface area contributed by atoms with Gasteiger partial charge in [-0.25, -0.2) is 9.78 Å². The standard InChI is InChI=1S/C25H24ClN5O4/c1-4-29-15(3)25(12-17-20(29)27-19-14(2)8-7-11-30(19)21(17)32)22(33)28-24(35)31(23(25)34)13-16-9-5-6-10-18(16)26/h5-11,15H,4,12-13H2,1-3H3,(H,28,33,35)/t15-,25+/m1/s1. The molecule has 4 heterocycles. The third-order valence-electron chi connectivity index (χ3n) is 7.15. The second-order valence-corrected chi connectivity index (χ2v) is 9.36. The van der Waals surface area contributed by atoms with Crippen LogP contribution in [-0.4, -0.2) is 44.7 Å². The number of urea groups is 1. The zero-order valence-electron chi connectivity index (χ0n) is 19.5. The fourth-order valence-corrected chi connectivity index (χ4v) is 5.38. The quantitative estimate of drug-likeness (QED) is 0.562. The minimum Gasteiger partial charge on any atom is -0.352 e. The number of fused-ring (bicyclic) bond motifs is 2. The van der Waals surface area contributed by atoms with Crippen molar-refractivity contribution in [3.05, 3.63) is 74.7 Å². The second kappa shape index (κ2) is 8.20. The van der Waals surface area contributed by atoms with Crippen LogP contribution in [0.1, 0.15) is 30.5 Å². The predicted molar refractivity (Wildman–Crippen MR) is 130 cm³/mol. The van der Waals surface area contributed by atoms with Crippen molar-refractivity contribution in [1.82, 2.24) is 19.6 Å². The summed E-state index contributed by atoms with van der Waals surface area (Å²) in [5.74, 6) is -0.912. The molecule has 5 rings (SSSR count). The van der Waals surface area contributed by atoms with E-state index in [4.69, 9.17) is 16.6 Å². The molecular weight excluding hydrogens is 470 g/mol. The molecule has 0 aliphatic carbocycles. The van der Waals surface area contributed by atoms with Crippen LogP contribution in [-0.2, 0) is 22.6 Å². The van der Waals surface area contributed by atoms with E-state index in [9.17, 15) is 19.2 Å². The molecule has 1 spiro atoms. The van der Waals surface area contributed by atoms with Crippen molar-refractivity contribution in [3.63, 3.8) is 0 Å². The Morgan fingerprint density at radius 3 is 2.60 bits per heavy atom. The topological polar surface area (TPSA) is 104 Å². The van der Waals surface area contributed by atoms with Gasteiger partial charge in [-0.3, -0.25) is 29.0 Å². The lowest BCUT2D eigenvalue weighted by molar-refractivity contribution is -0.153. The molecule has 2 atom stereocenters. The summed E-state index contributed by atoms with van der Waals surface area (Å²) in [5, 5.41) is 2.76. The molecule has 3 aromatic rings.